The molecule has 0 aliphatic carbocycles. The number of rotatable bonds is 2. The third kappa shape index (κ3) is 4.33. The van der Waals surface area contributed by atoms with E-state index in [4.69, 9.17) is 16.3 Å². The fourth-order valence-electron chi connectivity index (χ4n) is 2.48. The zero-order chi connectivity index (χ0) is 17.2. The number of hydrogen-bond acceptors (Lipinski definition) is 5. The van der Waals surface area contributed by atoms with Crippen molar-refractivity contribution >= 4 is 23.4 Å². The predicted molar refractivity (Wildman–Crippen MR) is 86.7 cm³/mol. The molecule has 8 heteroatoms. The van der Waals surface area contributed by atoms with Crippen LogP contribution in [0.4, 0.5) is 10.5 Å². The molecule has 1 heterocycles. The van der Waals surface area contributed by atoms with Gasteiger partial charge in [-0.25, -0.2) is 4.79 Å². The Morgan fingerprint density at radius 3 is 2.78 bits per heavy atom. The summed E-state index contributed by atoms with van der Waals surface area (Å²) in [4.78, 5) is 24.8. The van der Waals surface area contributed by atoms with E-state index < -0.39 is 22.7 Å². The molecule has 1 amide bonds. The Balaban J connectivity index is 2.35. The van der Waals surface area contributed by atoms with Crippen LogP contribution in [0.5, 0.6) is 0 Å². The highest BCUT2D eigenvalue weighted by Crippen LogP contribution is 2.33. The highest BCUT2D eigenvalue weighted by atomic mass is 35.5. The second-order valence-corrected chi connectivity index (χ2v) is 6.79. The topological polar surface area (TPSA) is 84.7 Å². The Bertz CT molecular complexity index is 615. The molecule has 0 radical (unpaired) electrons. The lowest BCUT2D eigenvalue weighted by atomic mass is 10.0. The Hall–Kier alpha value is -1.86. The van der Waals surface area contributed by atoms with Crippen molar-refractivity contribution < 1.29 is 14.5 Å². The van der Waals surface area contributed by atoms with Gasteiger partial charge in [0.25, 0.3) is 5.69 Å². The minimum absolute atomic E-state index is 0.0974. The van der Waals surface area contributed by atoms with Crippen LogP contribution in [0.1, 0.15) is 32.4 Å². The molecule has 1 unspecified atom stereocenters. The number of carbonyl (C=O) groups is 1. The number of ether oxygens (including phenoxy) is 1. The van der Waals surface area contributed by atoms with Crippen LogP contribution >= 0.6 is 11.6 Å². The quantitative estimate of drug-likeness (QED) is 0.660. The molecule has 7 nitrogen and oxygen atoms in total. The number of hydrogen-bond donors (Lipinski definition) is 1. The lowest BCUT2D eigenvalue weighted by Gasteiger charge is -2.37. The van der Waals surface area contributed by atoms with Crippen LogP contribution in [0.2, 0.25) is 5.02 Å². The van der Waals surface area contributed by atoms with Crippen LogP contribution in [0.25, 0.3) is 0 Å². The van der Waals surface area contributed by atoms with E-state index in [0.29, 0.717) is 25.2 Å². The summed E-state index contributed by atoms with van der Waals surface area (Å²) in [5, 5.41) is 14.8. The molecule has 0 saturated carbocycles. The number of nitro benzene ring substituents is 1. The summed E-state index contributed by atoms with van der Waals surface area (Å²) in [6.07, 6.45) is -0.478. The van der Waals surface area contributed by atoms with E-state index in [9.17, 15) is 14.9 Å². The summed E-state index contributed by atoms with van der Waals surface area (Å²) >= 11 is 5.86. The minimum atomic E-state index is -0.627. The Morgan fingerprint density at radius 2 is 2.17 bits per heavy atom. The number of piperazine rings is 1. The smallest absolute Gasteiger partial charge is 0.410 e. The number of carbonyl (C=O) groups excluding carboxylic acids is 1. The molecule has 1 aliphatic heterocycles. The van der Waals surface area contributed by atoms with Crippen molar-refractivity contribution in [2.75, 3.05) is 19.6 Å². The Kier molecular flexibility index (Phi) is 5.11. The monoisotopic (exact) mass is 341 g/mol. The Labute approximate surface area is 139 Å². The molecular formula is C15H20ClN3O4. The molecule has 126 valence electrons. The summed E-state index contributed by atoms with van der Waals surface area (Å²) in [5.41, 5.74) is -0.282. The van der Waals surface area contributed by atoms with Gasteiger partial charge in [0, 0.05) is 30.7 Å². The maximum atomic E-state index is 12.4. The molecule has 1 N–H and O–H groups in total. The molecule has 23 heavy (non-hydrogen) atoms. The number of amides is 1. The molecule has 1 aromatic rings. The highest BCUT2D eigenvalue weighted by Gasteiger charge is 2.34. The summed E-state index contributed by atoms with van der Waals surface area (Å²) in [5.74, 6) is 0. The van der Waals surface area contributed by atoms with Gasteiger partial charge >= 0.3 is 6.09 Å². The second-order valence-electron chi connectivity index (χ2n) is 6.35. The first-order valence-corrected chi connectivity index (χ1v) is 7.71. The number of halogens is 1. The SMILES string of the molecule is CC(C)(C)OC(=O)N1CCNCC1c1ccc(Cl)cc1[N+](=O)[O-]. The Morgan fingerprint density at radius 1 is 1.48 bits per heavy atom. The minimum Gasteiger partial charge on any atom is -0.444 e. The number of nitro groups is 1. The molecule has 1 saturated heterocycles. The van der Waals surface area contributed by atoms with Crippen LogP contribution in [-0.4, -0.2) is 41.2 Å². The van der Waals surface area contributed by atoms with Gasteiger partial charge in [-0.05, 0) is 32.9 Å². The van der Waals surface area contributed by atoms with Crippen molar-refractivity contribution in [2.45, 2.75) is 32.4 Å². The fourth-order valence-corrected chi connectivity index (χ4v) is 2.64. The van der Waals surface area contributed by atoms with E-state index in [1.54, 1.807) is 32.9 Å². The molecule has 0 bridgehead atoms. The average Bonchev–Trinajstić information content (AvgIpc) is 2.45. The van der Waals surface area contributed by atoms with Crippen LogP contribution in [0.15, 0.2) is 18.2 Å². The number of benzene rings is 1. The standard InChI is InChI=1S/C15H20ClN3O4/c1-15(2,3)23-14(20)18-7-6-17-9-13(18)11-5-4-10(16)8-12(11)19(21)22/h4-5,8,13,17H,6-7,9H2,1-3H3. The van der Waals surface area contributed by atoms with E-state index >= 15 is 0 Å². The molecule has 1 fully saturated rings. The zero-order valence-electron chi connectivity index (χ0n) is 13.3. The van der Waals surface area contributed by atoms with Gasteiger partial charge in [-0.3, -0.25) is 15.0 Å². The van der Waals surface area contributed by atoms with E-state index in [1.165, 1.54) is 11.0 Å². The van der Waals surface area contributed by atoms with E-state index in [0.717, 1.165) is 0 Å². The van der Waals surface area contributed by atoms with Crippen LogP contribution in [0.3, 0.4) is 0 Å². The van der Waals surface area contributed by atoms with Crippen molar-refractivity contribution in [3.8, 4) is 0 Å². The molecule has 0 spiro atoms. The normalized spacial score (nSPS) is 18.6. The first-order valence-electron chi connectivity index (χ1n) is 7.33. The molecule has 1 aliphatic rings. The van der Waals surface area contributed by atoms with E-state index in [1.807, 2.05) is 0 Å². The molecule has 2 rings (SSSR count). The van der Waals surface area contributed by atoms with Gasteiger partial charge in [-0.1, -0.05) is 11.6 Å². The largest absolute Gasteiger partial charge is 0.444 e. The van der Waals surface area contributed by atoms with Gasteiger partial charge < -0.3 is 10.1 Å². The lowest BCUT2D eigenvalue weighted by molar-refractivity contribution is -0.386. The summed E-state index contributed by atoms with van der Waals surface area (Å²) in [6, 6.07) is 4.01. The van der Waals surface area contributed by atoms with Crippen LogP contribution in [0, 0.1) is 10.1 Å². The van der Waals surface area contributed by atoms with Gasteiger partial charge in [-0.2, -0.15) is 0 Å². The van der Waals surface area contributed by atoms with Gasteiger partial charge in [0.15, 0.2) is 0 Å². The average molecular weight is 342 g/mol. The first kappa shape index (κ1) is 17.5. The van der Waals surface area contributed by atoms with Crippen molar-refractivity contribution in [3.63, 3.8) is 0 Å². The van der Waals surface area contributed by atoms with E-state index in [-0.39, 0.29) is 10.7 Å². The summed E-state index contributed by atoms with van der Waals surface area (Å²) < 4.78 is 5.42. The van der Waals surface area contributed by atoms with Crippen molar-refractivity contribution in [1.82, 2.24) is 10.2 Å². The number of nitrogens with zero attached hydrogens (tertiary/aromatic N) is 2. The molecular weight excluding hydrogens is 322 g/mol. The van der Waals surface area contributed by atoms with Crippen molar-refractivity contribution in [3.05, 3.63) is 38.9 Å². The summed E-state index contributed by atoms with van der Waals surface area (Å²) in [6.45, 7) is 6.80. The van der Waals surface area contributed by atoms with Gasteiger partial charge in [-0.15, -0.1) is 0 Å². The van der Waals surface area contributed by atoms with Crippen LogP contribution in [-0.2, 0) is 4.74 Å². The maximum Gasteiger partial charge on any atom is 0.410 e. The van der Waals surface area contributed by atoms with Crippen molar-refractivity contribution in [1.29, 1.82) is 0 Å². The third-order valence-electron chi connectivity index (χ3n) is 3.42. The lowest BCUT2D eigenvalue weighted by Crippen LogP contribution is -2.50. The third-order valence-corrected chi connectivity index (χ3v) is 3.65. The molecule has 1 atom stereocenters. The van der Waals surface area contributed by atoms with Gasteiger partial charge in [0.05, 0.1) is 16.5 Å². The first-order chi connectivity index (χ1) is 10.7. The molecule has 0 aromatic heterocycles. The maximum absolute atomic E-state index is 12.4. The van der Waals surface area contributed by atoms with E-state index in [2.05, 4.69) is 5.32 Å². The van der Waals surface area contributed by atoms with Gasteiger partial charge in [0.2, 0.25) is 0 Å². The van der Waals surface area contributed by atoms with Crippen molar-refractivity contribution in [2.24, 2.45) is 0 Å². The highest BCUT2D eigenvalue weighted by molar-refractivity contribution is 6.30. The summed E-state index contributed by atoms with van der Waals surface area (Å²) in [7, 11) is 0. The predicted octanol–water partition coefficient (Wildman–Crippen LogP) is 3.13. The fraction of sp³-hybridized carbons (Fsp3) is 0.533. The van der Waals surface area contributed by atoms with Crippen LogP contribution < -0.4 is 5.32 Å². The van der Waals surface area contributed by atoms with Gasteiger partial charge in [0.1, 0.15) is 5.60 Å². The number of nitrogens with one attached hydrogen (secondary N) is 1. The zero-order valence-corrected chi connectivity index (χ0v) is 14.1. The molecule has 1 aromatic carbocycles. The second kappa shape index (κ2) is 6.72.